The Morgan fingerprint density at radius 2 is 2.00 bits per heavy atom. The number of ether oxygens (including phenoxy) is 2. The average molecular weight is 268 g/mol. The van der Waals surface area contributed by atoms with E-state index in [0.29, 0.717) is 6.54 Å². The third-order valence-electron chi connectivity index (χ3n) is 3.49. The van der Waals surface area contributed by atoms with Crippen LogP contribution in [-0.2, 0) is 6.54 Å². The molecule has 0 saturated carbocycles. The Kier molecular flexibility index (Phi) is 2.32. The first-order valence-electron chi connectivity index (χ1n) is 6.38. The molecule has 0 bridgehead atoms. The van der Waals surface area contributed by atoms with Gasteiger partial charge in [-0.1, -0.05) is 24.3 Å². The molecule has 0 atom stereocenters. The van der Waals surface area contributed by atoms with E-state index in [2.05, 4.69) is 4.98 Å². The summed E-state index contributed by atoms with van der Waals surface area (Å²) in [4.78, 5) is 14.9. The predicted molar refractivity (Wildman–Crippen MR) is 74.2 cm³/mol. The van der Waals surface area contributed by atoms with Crippen LogP contribution in [0.25, 0.3) is 11.0 Å². The zero-order chi connectivity index (χ0) is 13.5. The highest BCUT2D eigenvalue weighted by Gasteiger charge is 2.18. The van der Waals surface area contributed by atoms with Gasteiger partial charge in [-0.15, -0.1) is 0 Å². The molecule has 20 heavy (non-hydrogen) atoms. The Hall–Kier alpha value is -2.69. The summed E-state index contributed by atoms with van der Waals surface area (Å²) in [5, 5.41) is 0. The van der Waals surface area contributed by atoms with Gasteiger partial charge in [0.2, 0.25) is 6.79 Å². The molecule has 1 aliphatic heterocycles. The second-order valence-corrected chi connectivity index (χ2v) is 4.68. The molecule has 5 heteroatoms. The Balaban J connectivity index is 1.84. The molecule has 0 saturated heterocycles. The van der Waals surface area contributed by atoms with Gasteiger partial charge in [-0.2, -0.15) is 0 Å². The number of benzene rings is 2. The van der Waals surface area contributed by atoms with Crippen molar-refractivity contribution in [2.24, 2.45) is 0 Å². The number of imidazole rings is 1. The number of rotatable bonds is 2. The van der Waals surface area contributed by atoms with Gasteiger partial charge in [-0.05, 0) is 18.2 Å². The Morgan fingerprint density at radius 3 is 2.95 bits per heavy atom. The maximum Gasteiger partial charge on any atom is 0.326 e. The minimum absolute atomic E-state index is 0.122. The fourth-order valence-corrected chi connectivity index (χ4v) is 2.55. The van der Waals surface area contributed by atoms with Crippen LogP contribution in [0.4, 0.5) is 0 Å². The molecule has 2 aromatic carbocycles. The molecule has 3 aromatic rings. The van der Waals surface area contributed by atoms with Gasteiger partial charge in [0.05, 0.1) is 17.6 Å². The summed E-state index contributed by atoms with van der Waals surface area (Å²) in [7, 11) is 0. The van der Waals surface area contributed by atoms with Crippen LogP contribution in [0.5, 0.6) is 11.5 Å². The largest absolute Gasteiger partial charge is 0.454 e. The van der Waals surface area contributed by atoms with Crippen LogP contribution in [0.3, 0.4) is 0 Å². The SMILES string of the molecule is O=c1[nH]c2ccccc2n1Cc1cccc2c1OCO2. The Bertz CT molecular complexity index is 848. The van der Waals surface area contributed by atoms with Crippen LogP contribution < -0.4 is 15.2 Å². The number of nitrogens with one attached hydrogen (secondary N) is 1. The summed E-state index contributed by atoms with van der Waals surface area (Å²) in [6.45, 7) is 0.685. The molecule has 1 aromatic heterocycles. The van der Waals surface area contributed by atoms with E-state index >= 15 is 0 Å². The highest BCUT2D eigenvalue weighted by molar-refractivity contribution is 5.75. The first-order chi connectivity index (χ1) is 9.83. The molecule has 100 valence electrons. The molecule has 0 spiro atoms. The molecule has 1 N–H and O–H groups in total. The summed E-state index contributed by atoms with van der Waals surface area (Å²) in [6, 6.07) is 13.4. The summed E-state index contributed by atoms with van der Waals surface area (Å²) < 4.78 is 12.5. The fraction of sp³-hybridized carbons (Fsp3) is 0.133. The summed E-state index contributed by atoms with van der Waals surface area (Å²) >= 11 is 0. The second-order valence-electron chi connectivity index (χ2n) is 4.68. The smallest absolute Gasteiger partial charge is 0.326 e. The van der Waals surface area contributed by atoms with E-state index in [1.165, 1.54) is 0 Å². The van der Waals surface area contributed by atoms with Gasteiger partial charge in [0.15, 0.2) is 11.5 Å². The van der Waals surface area contributed by atoms with Crippen molar-refractivity contribution in [1.29, 1.82) is 0 Å². The average Bonchev–Trinajstić information content (AvgIpc) is 3.05. The minimum Gasteiger partial charge on any atom is -0.454 e. The number of H-pyrrole nitrogens is 1. The lowest BCUT2D eigenvalue weighted by Crippen LogP contribution is -2.17. The van der Waals surface area contributed by atoms with E-state index in [1.807, 2.05) is 42.5 Å². The van der Waals surface area contributed by atoms with Gasteiger partial charge >= 0.3 is 5.69 Å². The molecular weight excluding hydrogens is 256 g/mol. The number of para-hydroxylation sites is 3. The van der Waals surface area contributed by atoms with Crippen molar-refractivity contribution in [3.05, 3.63) is 58.5 Å². The number of hydrogen-bond donors (Lipinski definition) is 1. The van der Waals surface area contributed by atoms with Crippen LogP contribution in [0.15, 0.2) is 47.3 Å². The minimum atomic E-state index is -0.122. The van der Waals surface area contributed by atoms with Crippen LogP contribution in [0.2, 0.25) is 0 Å². The lowest BCUT2D eigenvalue weighted by molar-refractivity contribution is 0.173. The highest BCUT2D eigenvalue weighted by atomic mass is 16.7. The molecule has 0 radical (unpaired) electrons. The highest BCUT2D eigenvalue weighted by Crippen LogP contribution is 2.35. The molecular formula is C15H12N2O3. The van der Waals surface area contributed by atoms with E-state index in [-0.39, 0.29) is 12.5 Å². The van der Waals surface area contributed by atoms with E-state index in [4.69, 9.17) is 9.47 Å². The molecule has 0 amide bonds. The summed E-state index contributed by atoms with van der Waals surface area (Å²) in [5.74, 6) is 1.46. The van der Waals surface area contributed by atoms with Gasteiger partial charge in [0.1, 0.15) is 0 Å². The number of fused-ring (bicyclic) bond motifs is 2. The third-order valence-corrected chi connectivity index (χ3v) is 3.49. The topological polar surface area (TPSA) is 56.2 Å². The number of aromatic nitrogens is 2. The van der Waals surface area contributed by atoms with Gasteiger partial charge in [0, 0.05) is 5.56 Å². The van der Waals surface area contributed by atoms with E-state index < -0.39 is 0 Å². The lowest BCUT2D eigenvalue weighted by Gasteiger charge is -2.07. The molecule has 0 fully saturated rings. The molecule has 5 nitrogen and oxygen atoms in total. The first-order valence-corrected chi connectivity index (χ1v) is 6.38. The van der Waals surface area contributed by atoms with Crippen LogP contribution in [0, 0.1) is 0 Å². The van der Waals surface area contributed by atoms with Crippen molar-refractivity contribution in [3.8, 4) is 11.5 Å². The van der Waals surface area contributed by atoms with Crippen LogP contribution >= 0.6 is 0 Å². The standard InChI is InChI=1S/C15H12N2O3/c18-15-16-11-5-1-2-6-12(11)17(15)8-10-4-3-7-13-14(10)20-9-19-13/h1-7H,8-9H2,(H,16,18). The number of hydrogen-bond acceptors (Lipinski definition) is 3. The summed E-state index contributed by atoms with van der Waals surface area (Å²) in [6.07, 6.45) is 0. The Labute approximate surface area is 114 Å². The van der Waals surface area contributed by atoms with Crippen molar-refractivity contribution in [3.63, 3.8) is 0 Å². The van der Waals surface area contributed by atoms with E-state index in [0.717, 1.165) is 28.1 Å². The van der Waals surface area contributed by atoms with Crippen molar-refractivity contribution >= 4 is 11.0 Å². The second kappa shape index (κ2) is 4.16. The lowest BCUT2D eigenvalue weighted by atomic mass is 10.2. The fourth-order valence-electron chi connectivity index (χ4n) is 2.55. The third kappa shape index (κ3) is 1.60. The predicted octanol–water partition coefficient (Wildman–Crippen LogP) is 2.11. The molecule has 4 rings (SSSR count). The van der Waals surface area contributed by atoms with Gasteiger partial charge in [-0.3, -0.25) is 4.57 Å². The van der Waals surface area contributed by atoms with E-state index in [1.54, 1.807) is 4.57 Å². The molecule has 0 unspecified atom stereocenters. The van der Waals surface area contributed by atoms with Crippen molar-refractivity contribution in [1.82, 2.24) is 9.55 Å². The number of aromatic amines is 1. The molecule has 0 aliphatic carbocycles. The normalized spacial score (nSPS) is 13.0. The van der Waals surface area contributed by atoms with Crippen molar-refractivity contribution in [2.45, 2.75) is 6.54 Å². The van der Waals surface area contributed by atoms with Crippen molar-refractivity contribution in [2.75, 3.05) is 6.79 Å². The quantitative estimate of drug-likeness (QED) is 0.774. The van der Waals surface area contributed by atoms with Crippen LogP contribution in [0.1, 0.15) is 5.56 Å². The maximum absolute atomic E-state index is 12.1. The van der Waals surface area contributed by atoms with E-state index in [9.17, 15) is 4.79 Å². The summed E-state index contributed by atoms with van der Waals surface area (Å²) in [5.41, 5.74) is 2.53. The van der Waals surface area contributed by atoms with Gasteiger partial charge in [0.25, 0.3) is 0 Å². The van der Waals surface area contributed by atoms with Gasteiger partial charge in [-0.25, -0.2) is 4.79 Å². The van der Waals surface area contributed by atoms with Crippen LogP contribution in [-0.4, -0.2) is 16.3 Å². The van der Waals surface area contributed by atoms with Crippen molar-refractivity contribution < 1.29 is 9.47 Å². The zero-order valence-corrected chi connectivity index (χ0v) is 10.6. The first kappa shape index (κ1) is 11.2. The van der Waals surface area contributed by atoms with Gasteiger partial charge < -0.3 is 14.5 Å². The molecule has 2 heterocycles. The monoisotopic (exact) mass is 268 g/mol. The Morgan fingerprint density at radius 1 is 1.10 bits per heavy atom. The molecule has 1 aliphatic rings. The maximum atomic E-state index is 12.1. The zero-order valence-electron chi connectivity index (χ0n) is 10.6. The number of nitrogens with zero attached hydrogens (tertiary/aromatic N) is 1.